The molecular weight excluding hydrogens is 192 g/mol. The van der Waals surface area contributed by atoms with Gasteiger partial charge in [0.05, 0.1) is 6.54 Å². The first-order chi connectivity index (χ1) is 7.28. The molecule has 2 aromatic rings. The molecule has 0 spiro atoms. The largest absolute Gasteiger partial charge is 0.384 e. The summed E-state index contributed by atoms with van der Waals surface area (Å²) in [4.78, 5) is 7.68. The van der Waals surface area contributed by atoms with E-state index in [1.165, 1.54) is 6.33 Å². The van der Waals surface area contributed by atoms with Gasteiger partial charge in [0.2, 0.25) is 0 Å². The lowest BCUT2D eigenvalue weighted by Gasteiger charge is -2.00. The summed E-state index contributed by atoms with van der Waals surface area (Å²) < 4.78 is 1.58. The fourth-order valence-electron chi connectivity index (χ4n) is 1.20. The zero-order valence-corrected chi connectivity index (χ0v) is 7.83. The Morgan fingerprint density at radius 3 is 3.00 bits per heavy atom. The molecule has 74 valence electrons. The summed E-state index contributed by atoms with van der Waals surface area (Å²) in [5, 5.41) is 12.5. The first-order valence-electron chi connectivity index (χ1n) is 4.28. The Hall–Kier alpha value is -2.42. The Morgan fingerprint density at radius 1 is 1.47 bits per heavy atom. The molecule has 2 heterocycles. The van der Waals surface area contributed by atoms with E-state index in [1.54, 1.807) is 16.9 Å². The molecule has 0 aliphatic carbocycles. The van der Waals surface area contributed by atoms with E-state index in [0.29, 0.717) is 12.4 Å². The normalized spacial score (nSPS) is 9.80. The number of anilines is 1. The highest BCUT2D eigenvalue weighted by Gasteiger charge is 2.00. The second-order valence-corrected chi connectivity index (χ2v) is 2.97. The number of nitriles is 1. The monoisotopic (exact) mass is 200 g/mol. The van der Waals surface area contributed by atoms with Gasteiger partial charge in [-0.1, -0.05) is 0 Å². The molecule has 0 atom stereocenters. The van der Waals surface area contributed by atoms with Crippen LogP contribution >= 0.6 is 0 Å². The smallest absolute Gasteiger partial charge is 0.252 e. The maximum atomic E-state index is 8.54. The minimum absolute atomic E-state index is 0.164. The highest BCUT2D eigenvalue weighted by molar-refractivity contribution is 5.31. The van der Waals surface area contributed by atoms with Gasteiger partial charge in [0.15, 0.2) is 0 Å². The highest BCUT2D eigenvalue weighted by Crippen LogP contribution is 2.04. The van der Waals surface area contributed by atoms with Crippen molar-refractivity contribution in [1.82, 2.24) is 19.7 Å². The molecule has 0 aliphatic heterocycles. The maximum absolute atomic E-state index is 8.54. The van der Waals surface area contributed by atoms with E-state index in [2.05, 4.69) is 15.1 Å². The Bertz CT molecular complexity index is 509. The van der Waals surface area contributed by atoms with Crippen molar-refractivity contribution in [3.63, 3.8) is 0 Å². The first kappa shape index (κ1) is 9.15. The third-order valence-electron chi connectivity index (χ3n) is 1.83. The van der Waals surface area contributed by atoms with Crippen molar-refractivity contribution in [2.24, 2.45) is 0 Å². The van der Waals surface area contributed by atoms with Gasteiger partial charge in [0, 0.05) is 6.20 Å². The lowest BCUT2D eigenvalue weighted by molar-refractivity contribution is 0.682. The standard InChI is InChI=1S/C9H8N6/c10-4-9-13-6-15(14-9)5-7-1-2-12-8(11)3-7/h1-3,6H,5H2,(H2,11,12). The van der Waals surface area contributed by atoms with E-state index < -0.39 is 0 Å². The van der Waals surface area contributed by atoms with Crippen molar-refractivity contribution < 1.29 is 0 Å². The molecule has 0 aliphatic rings. The summed E-state index contributed by atoms with van der Waals surface area (Å²) in [6.45, 7) is 0.529. The zero-order valence-electron chi connectivity index (χ0n) is 7.83. The molecule has 0 fully saturated rings. The van der Waals surface area contributed by atoms with Gasteiger partial charge >= 0.3 is 0 Å². The lowest BCUT2D eigenvalue weighted by Crippen LogP contribution is -2.01. The van der Waals surface area contributed by atoms with Crippen LogP contribution in [0.15, 0.2) is 24.7 Å². The van der Waals surface area contributed by atoms with Crippen molar-refractivity contribution in [3.05, 3.63) is 36.0 Å². The minimum atomic E-state index is 0.164. The fourth-order valence-corrected chi connectivity index (χ4v) is 1.20. The van der Waals surface area contributed by atoms with E-state index in [-0.39, 0.29) is 5.82 Å². The molecule has 6 heteroatoms. The minimum Gasteiger partial charge on any atom is -0.384 e. The van der Waals surface area contributed by atoms with Crippen LogP contribution in [0.25, 0.3) is 0 Å². The third-order valence-corrected chi connectivity index (χ3v) is 1.83. The number of nitrogens with zero attached hydrogens (tertiary/aromatic N) is 5. The maximum Gasteiger partial charge on any atom is 0.252 e. The molecule has 0 saturated carbocycles. The molecule has 2 aromatic heterocycles. The molecule has 0 saturated heterocycles. The van der Waals surface area contributed by atoms with E-state index in [1.807, 2.05) is 12.1 Å². The van der Waals surface area contributed by atoms with Crippen LogP contribution < -0.4 is 5.73 Å². The molecule has 2 rings (SSSR count). The van der Waals surface area contributed by atoms with Crippen molar-refractivity contribution in [3.8, 4) is 6.07 Å². The van der Waals surface area contributed by atoms with Crippen LogP contribution in [-0.2, 0) is 6.54 Å². The SMILES string of the molecule is N#Cc1ncn(Cc2ccnc(N)c2)n1. The topological polar surface area (TPSA) is 93.4 Å². The first-order valence-corrected chi connectivity index (χ1v) is 4.28. The Morgan fingerprint density at radius 2 is 2.33 bits per heavy atom. The molecule has 0 unspecified atom stereocenters. The average Bonchev–Trinajstić information content (AvgIpc) is 2.65. The molecule has 15 heavy (non-hydrogen) atoms. The second-order valence-electron chi connectivity index (χ2n) is 2.97. The van der Waals surface area contributed by atoms with Crippen molar-refractivity contribution in [2.75, 3.05) is 5.73 Å². The molecule has 0 bridgehead atoms. The lowest BCUT2D eigenvalue weighted by atomic mass is 10.2. The number of aromatic nitrogens is 4. The van der Waals surface area contributed by atoms with E-state index in [0.717, 1.165) is 5.56 Å². The van der Waals surface area contributed by atoms with Gasteiger partial charge in [-0.2, -0.15) is 5.26 Å². The second kappa shape index (κ2) is 3.75. The van der Waals surface area contributed by atoms with Crippen LogP contribution in [-0.4, -0.2) is 19.7 Å². The van der Waals surface area contributed by atoms with Crippen molar-refractivity contribution in [2.45, 2.75) is 6.54 Å². The van der Waals surface area contributed by atoms with Crippen LogP contribution in [0.5, 0.6) is 0 Å². The Kier molecular flexibility index (Phi) is 2.29. The van der Waals surface area contributed by atoms with E-state index in [9.17, 15) is 0 Å². The summed E-state index contributed by atoms with van der Waals surface area (Å²) >= 11 is 0. The highest BCUT2D eigenvalue weighted by atomic mass is 15.3. The molecule has 6 nitrogen and oxygen atoms in total. The summed E-state index contributed by atoms with van der Waals surface area (Å²) in [6, 6.07) is 5.46. The van der Waals surface area contributed by atoms with Crippen LogP contribution in [0.4, 0.5) is 5.82 Å². The molecule has 0 amide bonds. The Labute approximate surface area is 86.0 Å². The third kappa shape index (κ3) is 2.08. The quantitative estimate of drug-likeness (QED) is 0.746. The van der Waals surface area contributed by atoms with Crippen molar-refractivity contribution >= 4 is 5.82 Å². The van der Waals surface area contributed by atoms with Crippen LogP contribution in [0.2, 0.25) is 0 Å². The number of rotatable bonds is 2. The summed E-state index contributed by atoms with van der Waals surface area (Å²) in [5.74, 6) is 0.630. The summed E-state index contributed by atoms with van der Waals surface area (Å²) in [7, 11) is 0. The van der Waals surface area contributed by atoms with Crippen LogP contribution in [0.3, 0.4) is 0 Å². The van der Waals surface area contributed by atoms with Gasteiger partial charge in [-0.05, 0) is 17.7 Å². The average molecular weight is 200 g/mol. The summed E-state index contributed by atoms with van der Waals surface area (Å²) in [5.41, 5.74) is 6.50. The van der Waals surface area contributed by atoms with Gasteiger partial charge in [-0.25, -0.2) is 14.6 Å². The van der Waals surface area contributed by atoms with E-state index in [4.69, 9.17) is 11.0 Å². The van der Waals surface area contributed by atoms with Gasteiger partial charge in [0.25, 0.3) is 5.82 Å². The molecule has 0 radical (unpaired) electrons. The number of nitrogens with two attached hydrogens (primary N) is 1. The van der Waals surface area contributed by atoms with E-state index >= 15 is 0 Å². The van der Waals surface area contributed by atoms with Crippen LogP contribution in [0, 0.1) is 11.3 Å². The van der Waals surface area contributed by atoms with Crippen molar-refractivity contribution in [1.29, 1.82) is 5.26 Å². The molecule has 2 N–H and O–H groups in total. The molecule has 0 aromatic carbocycles. The number of hydrogen-bond donors (Lipinski definition) is 1. The summed E-state index contributed by atoms with van der Waals surface area (Å²) in [6.07, 6.45) is 3.14. The predicted octanol–water partition coefficient (Wildman–Crippen LogP) is 0.175. The van der Waals surface area contributed by atoms with Gasteiger partial charge in [-0.3, -0.25) is 0 Å². The molecular formula is C9H8N6. The fraction of sp³-hybridized carbons (Fsp3) is 0.111. The van der Waals surface area contributed by atoms with Gasteiger partial charge < -0.3 is 5.73 Å². The number of hydrogen-bond acceptors (Lipinski definition) is 5. The van der Waals surface area contributed by atoms with Crippen LogP contribution in [0.1, 0.15) is 11.4 Å². The number of nitrogen functional groups attached to an aromatic ring is 1. The van der Waals surface area contributed by atoms with Gasteiger partial charge in [-0.15, -0.1) is 5.10 Å². The number of pyridine rings is 1. The predicted molar refractivity (Wildman–Crippen MR) is 52.5 cm³/mol. The Balaban J connectivity index is 2.19. The van der Waals surface area contributed by atoms with Gasteiger partial charge in [0.1, 0.15) is 18.2 Å². The zero-order chi connectivity index (χ0) is 10.7.